The molecule has 4 rings (SSSR count). The van der Waals surface area contributed by atoms with Crippen LogP contribution in [0.4, 0.5) is 0 Å². The Bertz CT molecular complexity index is 1140. The highest BCUT2D eigenvalue weighted by Gasteiger charge is 2.21. The maximum Gasteiger partial charge on any atom is 0.292 e. The molecule has 0 amide bonds. The third-order valence-electron chi connectivity index (χ3n) is 4.41. The molecule has 0 aliphatic heterocycles. The number of rotatable bonds is 3. The lowest BCUT2D eigenvalue weighted by molar-refractivity contribution is 0.163. The molecule has 0 aliphatic rings. The molecule has 0 aliphatic carbocycles. The van der Waals surface area contributed by atoms with E-state index in [9.17, 15) is 4.79 Å². The zero-order valence-electron chi connectivity index (χ0n) is 14.1. The fourth-order valence-corrected chi connectivity index (χ4v) is 3.57. The molecule has 128 valence electrons. The Hall–Kier alpha value is -3.04. The normalized spacial score (nSPS) is 10.8. The van der Waals surface area contributed by atoms with Crippen molar-refractivity contribution in [1.82, 2.24) is 4.73 Å². The van der Waals surface area contributed by atoms with E-state index in [1.807, 2.05) is 72.8 Å². The third-order valence-corrected chi connectivity index (χ3v) is 4.73. The Labute approximate surface area is 156 Å². The maximum absolute atomic E-state index is 13.1. The van der Waals surface area contributed by atoms with Gasteiger partial charge in [-0.25, -0.2) is 0 Å². The second kappa shape index (κ2) is 6.70. The van der Waals surface area contributed by atoms with E-state index >= 15 is 0 Å². The molecule has 4 heteroatoms. The summed E-state index contributed by atoms with van der Waals surface area (Å²) in [7, 11) is 1.49. The topological polar surface area (TPSA) is 31.2 Å². The zero-order valence-corrected chi connectivity index (χ0v) is 14.9. The van der Waals surface area contributed by atoms with Gasteiger partial charge in [-0.15, -0.1) is 4.73 Å². The minimum Gasteiger partial charge on any atom is -0.413 e. The van der Waals surface area contributed by atoms with Gasteiger partial charge >= 0.3 is 0 Å². The van der Waals surface area contributed by atoms with Gasteiger partial charge in [-0.3, -0.25) is 4.79 Å². The molecule has 0 fully saturated rings. The van der Waals surface area contributed by atoms with Crippen molar-refractivity contribution in [2.24, 2.45) is 0 Å². The molecule has 0 saturated heterocycles. The van der Waals surface area contributed by atoms with E-state index in [0.717, 1.165) is 22.1 Å². The first-order valence-electron chi connectivity index (χ1n) is 8.25. The molecule has 0 unspecified atom stereocenters. The van der Waals surface area contributed by atoms with Crippen LogP contribution in [-0.4, -0.2) is 11.8 Å². The molecule has 3 aromatic carbocycles. The number of nitrogens with zero attached hydrogens (tertiary/aromatic N) is 1. The van der Waals surface area contributed by atoms with Crippen LogP contribution >= 0.6 is 11.6 Å². The van der Waals surface area contributed by atoms with Crippen LogP contribution in [0.1, 0.15) is 0 Å². The van der Waals surface area contributed by atoms with Gasteiger partial charge in [-0.1, -0.05) is 84.4 Å². The number of hydrogen-bond donors (Lipinski definition) is 0. The van der Waals surface area contributed by atoms with E-state index in [2.05, 4.69) is 0 Å². The predicted molar refractivity (Wildman–Crippen MR) is 107 cm³/mol. The summed E-state index contributed by atoms with van der Waals surface area (Å²) in [4.78, 5) is 18.6. The highest BCUT2D eigenvalue weighted by atomic mass is 35.5. The number of aromatic nitrogens is 1. The molecule has 0 saturated carbocycles. The SMILES string of the molecule is COn1c(-c2ccccc2)c(-c2ccccc2)c2cccc(Cl)c2c1=O. The van der Waals surface area contributed by atoms with Gasteiger partial charge in [0, 0.05) is 11.1 Å². The summed E-state index contributed by atoms with van der Waals surface area (Å²) in [5.41, 5.74) is 3.23. The van der Waals surface area contributed by atoms with E-state index in [-0.39, 0.29) is 5.56 Å². The van der Waals surface area contributed by atoms with Crippen molar-refractivity contribution in [2.75, 3.05) is 7.11 Å². The zero-order chi connectivity index (χ0) is 18.1. The molecule has 0 bridgehead atoms. The minimum atomic E-state index is -0.272. The van der Waals surface area contributed by atoms with Gasteiger partial charge in [0.25, 0.3) is 5.56 Å². The largest absolute Gasteiger partial charge is 0.413 e. The monoisotopic (exact) mass is 361 g/mol. The van der Waals surface area contributed by atoms with Crippen LogP contribution in [-0.2, 0) is 0 Å². The summed E-state index contributed by atoms with van der Waals surface area (Å²) in [6.45, 7) is 0. The Morgan fingerprint density at radius 3 is 2.04 bits per heavy atom. The fraction of sp³-hybridized carbons (Fsp3) is 0.0455. The van der Waals surface area contributed by atoms with Gasteiger partial charge in [0.15, 0.2) is 0 Å². The van der Waals surface area contributed by atoms with Gasteiger partial charge in [-0.05, 0) is 17.0 Å². The Kier molecular flexibility index (Phi) is 4.23. The van der Waals surface area contributed by atoms with Crippen LogP contribution in [0.15, 0.2) is 83.7 Å². The standard InChI is InChI=1S/C22H16ClNO2/c1-26-24-21(16-11-6-3-7-12-16)19(15-9-4-2-5-10-15)17-13-8-14-18(23)20(17)22(24)25/h2-14H,1H3. The van der Waals surface area contributed by atoms with E-state index in [0.29, 0.717) is 16.1 Å². The van der Waals surface area contributed by atoms with Crippen molar-refractivity contribution in [2.45, 2.75) is 0 Å². The second-order valence-corrected chi connectivity index (χ2v) is 6.31. The maximum atomic E-state index is 13.1. The van der Waals surface area contributed by atoms with E-state index in [1.54, 1.807) is 6.07 Å². The van der Waals surface area contributed by atoms with Crippen molar-refractivity contribution in [3.63, 3.8) is 0 Å². The lowest BCUT2D eigenvalue weighted by atomic mass is 9.94. The fourth-order valence-electron chi connectivity index (χ4n) is 3.31. The van der Waals surface area contributed by atoms with Crippen LogP contribution < -0.4 is 10.4 Å². The van der Waals surface area contributed by atoms with Crippen LogP contribution in [0.3, 0.4) is 0 Å². The van der Waals surface area contributed by atoms with Crippen molar-refractivity contribution in [1.29, 1.82) is 0 Å². The van der Waals surface area contributed by atoms with Crippen molar-refractivity contribution in [3.8, 4) is 22.4 Å². The lowest BCUT2D eigenvalue weighted by Crippen LogP contribution is -2.27. The lowest BCUT2D eigenvalue weighted by Gasteiger charge is -2.19. The number of pyridine rings is 1. The molecule has 0 N–H and O–H groups in total. The van der Waals surface area contributed by atoms with Crippen LogP contribution in [0.2, 0.25) is 5.02 Å². The molecular weight excluding hydrogens is 346 g/mol. The van der Waals surface area contributed by atoms with E-state index in [1.165, 1.54) is 11.8 Å². The van der Waals surface area contributed by atoms with Gasteiger partial charge in [0.05, 0.1) is 16.1 Å². The number of fused-ring (bicyclic) bond motifs is 1. The summed E-state index contributed by atoms with van der Waals surface area (Å²) in [5.74, 6) is 0. The Balaban J connectivity index is 2.27. The summed E-state index contributed by atoms with van der Waals surface area (Å²) in [6.07, 6.45) is 0. The van der Waals surface area contributed by atoms with Gasteiger partial charge in [0.1, 0.15) is 7.11 Å². The molecular formula is C22H16ClNO2. The Morgan fingerprint density at radius 1 is 0.808 bits per heavy atom. The quantitative estimate of drug-likeness (QED) is 0.511. The highest BCUT2D eigenvalue weighted by Crippen LogP contribution is 2.37. The summed E-state index contributed by atoms with van der Waals surface area (Å²) in [6, 6.07) is 25.2. The molecule has 3 nitrogen and oxygen atoms in total. The average Bonchev–Trinajstić information content (AvgIpc) is 2.69. The van der Waals surface area contributed by atoms with E-state index < -0.39 is 0 Å². The summed E-state index contributed by atoms with van der Waals surface area (Å²) >= 11 is 6.38. The van der Waals surface area contributed by atoms with Crippen molar-refractivity contribution < 1.29 is 4.84 Å². The highest BCUT2D eigenvalue weighted by molar-refractivity contribution is 6.36. The molecule has 0 atom stereocenters. The summed E-state index contributed by atoms with van der Waals surface area (Å²) in [5, 5.41) is 1.67. The van der Waals surface area contributed by atoms with E-state index in [4.69, 9.17) is 16.4 Å². The van der Waals surface area contributed by atoms with Crippen molar-refractivity contribution in [3.05, 3.63) is 94.2 Å². The van der Waals surface area contributed by atoms with Crippen LogP contribution in [0.25, 0.3) is 33.2 Å². The smallest absolute Gasteiger partial charge is 0.292 e. The van der Waals surface area contributed by atoms with Gasteiger partial charge in [-0.2, -0.15) is 0 Å². The number of halogens is 1. The summed E-state index contributed by atoms with van der Waals surface area (Å²) < 4.78 is 1.33. The molecule has 1 heterocycles. The van der Waals surface area contributed by atoms with Crippen LogP contribution in [0, 0.1) is 0 Å². The van der Waals surface area contributed by atoms with Gasteiger partial charge in [0.2, 0.25) is 0 Å². The first-order valence-corrected chi connectivity index (χ1v) is 8.62. The number of benzene rings is 3. The second-order valence-electron chi connectivity index (χ2n) is 5.90. The Morgan fingerprint density at radius 2 is 1.42 bits per heavy atom. The molecule has 4 aromatic rings. The van der Waals surface area contributed by atoms with Gasteiger partial charge < -0.3 is 4.84 Å². The molecule has 26 heavy (non-hydrogen) atoms. The van der Waals surface area contributed by atoms with Crippen LogP contribution in [0.5, 0.6) is 0 Å². The predicted octanol–water partition coefficient (Wildman–Crippen LogP) is 5.05. The number of hydrogen-bond acceptors (Lipinski definition) is 2. The van der Waals surface area contributed by atoms with Crippen molar-refractivity contribution >= 4 is 22.4 Å². The molecule has 0 spiro atoms. The first kappa shape index (κ1) is 16.4. The third kappa shape index (κ3) is 2.57. The molecule has 0 radical (unpaired) electrons. The minimum absolute atomic E-state index is 0.272. The molecule has 1 aromatic heterocycles. The first-order chi connectivity index (χ1) is 12.7. The average molecular weight is 362 g/mol.